The molecule has 0 aromatic carbocycles. The molecule has 1 unspecified atom stereocenters. The summed E-state index contributed by atoms with van der Waals surface area (Å²) in [6.07, 6.45) is 3.05. The molecule has 1 atom stereocenters. The van der Waals surface area contributed by atoms with E-state index in [1.165, 1.54) is 19.5 Å². The van der Waals surface area contributed by atoms with E-state index in [1.807, 2.05) is 6.07 Å². The maximum Gasteiger partial charge on any atom is 0.127 e. The third-order valence-corrected chi connectivity index (χ3v) is 2.83. The van der Waals surface area contributed by atoms with Crippen molar-refractivity contribution in [3.63, 3.8) is 0 Å². The molecule has 0 spiro atoms. The van der Waals surface area contributed by atoms with Gasteiger partial charge < -0.3 is 5.73 Å². The van der Waals surface area contributed by atoms with Gasteiger partial charge in [0.25, 0.3) is 0 Å². The molecule has 76 valence electrons. The molecule has 1 saturated heterocycles. The van der Waals surface area contributed by atoms with E-state index in [4.69, 9.17) is 5.73 Å². The second-order valence-electron chi connectivity index (χ2n) is 4.18. The van der Waals surface area contributed by atoms with Crippen molar-refractivity contribution in [2.24, 2.45) is 5.92 Å². The van der Waals surface area contributed by atoms with E-state index in [1.54, 1.807) is 6.20 Å². The Kier molecular flexibility index (Phi) is 2.68. The van der Waals surface area contributed by atoms with Gasteiger partial charge in [-0.1, -0.05) is 13.0 Å². The van der Waals surface area contributed by atoms with Gasteiger partial charge in [0.1, 0.15) is 5.82 Å². The summed E-state index contributed by atoms with van der Waals surface area (Å²) in [5, 5.41) is 0. The zero-order chi connectivity index (χ0) is 9.97. The number of hydrogen-bond donors (Lipinski definition) is 1. The Balaban J connectivity index is 2.01. The van der Waals surface area contributed by atoms with Crippen molar-refractivity contribution >= 4 is 5.82 Å². The number of anilines is 1. The second kappa shape index (κ2) is 3.96. The van der Waals surface area contributed by atoms with Crippen LogP contribution >= 0.6 is 0 Å². The summed E-state index contributed by atoms with van der Waals surface area (Å²) in [6, 6.07) is 4.01. The third-order valence-electron chi connectivity index (χ3n) is 2.83. The van der Waals surface area contributed by atoms with Gasteiger partial charge in [-0.05, 0) is 24.9 Å². The lowest BCUT2D eigenvalue weighted by molar-refractivity contribution is 0.320. The molecule has 0 aliphatic carbocycles. The maximum absolute atomic E-state index is 5.80. The molecule has 14 heavy (non-hydrogen) atoms. The zero-order valence-electron chi connectivity index (χ0n) is 8.61. The number of nitrogen functional groups attached to an aromatic ring is 1. The fourth-order valence-electron chi connectivity index (χ4n) is 2.00. The van der Waals surface area contributed by atoms with E-state index < -0.39 is 0 Å². The molecule has 1 aliphatic heterocycles. The van der Waals surface area contributed by atoms with E-state index in [0.29, 0.717) is 5.82 Å². The van der Waals surface area contributed by atoms with Crippen molar-refractivity contribution in [1.29, 1.82) is 0 Å². The van der Waals surface area contributed by atoms with Gasteiger partial charge >= 0.3 is 0 Å². The molecule has 1 aromatic rings. The smallest absolute Gasteiger partial charge is 0.127 e. The van der Waals surface area contributed by atoms with Crippen molar-refractivity contribution in [2.45, 2.75) is 19.9 Å². The molecular formula is C11H17N3. The van der Waals surface area contributed by atoms with Gasteiger partial charge in [-0.15, -0.1) is 0 Å². The lowest BCUT2D eigenvalue weighted by atomic mass is 10.2. The van der Waals surface area contributed by atoms with Crippen LogP contribution in [-0.2, 0) is 6.54 Å². The highest BCUT2D eigenvalue weighted by molar-refractivity contribution is 5.38. The first-order chi connectivity index (χ1) is 6.75. The highest BCUT2D eigenvalue weighted by atomic mass is 15.1. The third kappa shape index (κ3) is 2.04. The van der Waals surface area contributed by atoms with Gasteiger partial charge in [0, 0.05) is 24.8 Å². The number of rotatable bonds is 2. The average Bonchev–Trinajstić information content (AvgIpc) is 2.56. The molecule has 0 bridgehead atoms. The first-order valence-corrected chi connectivity index (χ1v) is 5.17. The standard InChI is InChI=1S/C11H17N3/c1-9-4-6-14(7-9)8-10-3-2-5-13-11(10)12/h2-3,5,9H,4,6-8H2,1H3,(H2,12,13). The number of aromatic nitrogens is 1. The topological polar surface area (TPSA) is 42.2 Å². The lowest BCUT2D eigenvalue weighted by Crippen LogP contribution is -2.20. The number of likely N-dealkylation sites (tertiary alicyclic amines) is 1. The van der Waals surface area contributed by atoms with Crippen LogP contribution in [0.25, 0.3) is 0 Å². The van der Waals surface area contributed by atoms with Crippen molar-refractivity contribution in [3.8, 4) is 0 Å². The first kappa shape index (κ1) is 9.46. The molecule has 2 rings (SSSR count). The zero-order valence-corrected chi connectivity index (χ0v) is 8.61. The Morgan fingerprint density at radius 1 is 1.64 bits per heavy atom. The summed E-state index contributed by atoms with van der Waals surface area (Å²) >= 11 is 0. The highest BCUT2D eigenvalue weighted by Gasteiger charge is 2.18. The molecular weight excluding hydrogens is 174 g/mol. The van der Waals surface area contributed by atoms with Gasteiger partial charge in [0.15, 0.2) is 0 Å². The van der Waals surface area contributed by atoms with Crippen LogP contribution in [0.2, 0.25) is 0 Å². The van der Waals surface area contributed by atoms with Gasteiger partial charge in [-0.2, -0.15) is 0 Å². The van der Waals surface area contributed by atoms with Crippen LogP contribution < -0.4 is 5.73 Å². The minimum absolute atomic E-state index is 0.673. The lowest BCUT2D eigenvalue weighted by Gasteiger charge is -2.15. The largest absolute Gasteiger partial charge is 0.383 e. The molecule has 1 fully saturated rings. The first-order valence-electron chi connectivity index (χ1n) is 5.17. The predicted octanol–water partition coefficient (Wildman–Crippen LogP) is 1.51. The monoisotopic (exact) mass is 191 g/mol. The number of pyridine rings is 1. The van der Waals surface area contributed by atoms with E-state index in [9.17, 15) is 0 Å². The van der Waals surface area contributed by atoms with E-state index in [0.717, 1.165) is 18.0 Å². The molecule has 3 nitrogen and oxygen atoms in total. The van der Waals surface area contributed by atoms with Crippen LogP contribution in [0.15, 0.2) is 18.3 Å². The summed E-state index contributed by atoms with van der Waals surface area (Å²) in [6.45, 7) is 5.63. The Bertz CT molecular complexity index is 311. The molecule has 0 saturated carbocycles. The number of nitrogens with zero attached hydrogens (tertiary/aromatic N) is 2. The van der Waals surface area contributed by atoms with Gasteiger partial charge in [0.05, 0.1) is 0 Å². The fraction of sp³-hybridized carbons (Fsp3) is 0.545. The Hall–Kier alpha value is -1.09. The molecule has 0 radical (unpaired) electrons. The van der Waals surface area contributed by atoms with E-state index in [2.05, 4.69) is 22.9 Å². The summed E-state index contributed by atoms with van der Waals surface area (Å²) in [5.41, 5.74) is 6.95. The van der Waals surface area contributed by atoms with Crippen LogP contribution in [0.4, 0.5) is 5.82 Å². The van der Waals surface area contributed by atoms with Gasteiger partial charge in [0.2, 0.25) is 0 Å². The normalized spacial score (nSPS) is 22.8. The van der Waals surface area contributed by atoms with Crippen LogP contribution in [0, 0.1) is 5.92 Å². The minimum Gasteiger partial charge on any atom is -0.383 e. The van der Waals surface area contributed by atoms with Crippen LogP contribution in [0.5, 0.6) is 0 Å². The molecule has 0 amide bonds. The average molecular weight is 191 g/mol. The summed E-state index contributed by atoms with van der Waals surface area (Å²) < 4.78 is 0. The molecule has 2 N–H and O–H groups in total. The quantitative estimate of drug-likeness (QED) is 0.770. The second-order valence-corrected chi connectivity index (χ2v) is 4.18. The summed E-state index contributed by atoms with van der Waals surface area (Å²) in [5.74, 6) is 1.50. The van der Waals surface area contributed by atoms with Gasteiger partial charge in [-0.3, -0.25) is 4.90 Å². The van der Waals surface area contributed by atoms with E-state index >= 15 is 0 Å². The Morgan fingerprint density at radius 2 is 2.50 bits per heavy atom. The van der Waals surface area contributed by atoms with Crippen molar-refractivity contribution < 1.29 is 0 Å². The molecule has 2 heterocycles. The maximum atomic E-state index is 5.80. The molecule has 1 aliphatic rings. The number of hydrogen-bond acceptors (Lipinski definition) is 3. The minimum atomic E-state index is 0.673. The summed E-state index contributed by atoms with van der Waals surface area (Å²) in [4.78, 5) is 6.53. The Morgan fingerprint density at radius 3 is 3.14 bits per heavy atom. The SMILES string of the molecule is CC1CCN(Cc2cccnc2N)C1. The van der Waals surface area contributed by atoms with Crippen LogP contribution in [0.1, 0.15) is 18.9 Å². The fourth-order valence-corrected chi connectivity index (χ4v) is 2.00. The van der Waals surface area contributed by atoms with Crippen molar-refractivity contribution in [1.82, 2.24) is 9.88 Å². The predicted molar refractivity (Wildman–Crippen MR) is 57.7 cm³/mol. The molecule has 1 aromatic heterocycles. The summed E-state index contributed by atoms with van der Waals surface area (Å²) in [7, 11) is 0. The van der Waals surface area contributed by atoms with Crippen molar-refractivity contribution in [3.05, 3.63) is 23.9 Å². The van der Waals surface area contributed by atoms with Crippen LogP contribution in [-0.4, -0.2) is 23.0 Å². The highest BCUT2D eigenvalue weighted by Crippen LogP contribution is 2.19. The van der Waals surface area contributed by atoms with E-state index in [-0.39, 0.29) is 0 Å². The Labute approximate surface area is 84.9 Å². The molecule has 3 heteroatoms. The van der Waals surface area contributed by atoms with Crippen molar-refractivity contribution in [2.75, 3.05) is 18.8 Å². The van der Waals surface area contributed by atoms with Crippen LogP contribution in [0.3, 0.4) is 0 Å². The van der Waals surface area contributed by atoms with Gasteiger partial charge in [-0.25, -0.2) is 4.98 Å². The number of nitrogens with two attached hydrogens (primary N) is 1.